The van der Waals surface area contributed by atoms with E-state index in [4.69, 9.17) is 0 Å². The maximum absolute atomic E-state index is 4.48. The zero-order valence-corrected chi connectivity index (χ0v) is 4.72. The van der Waals surface area contributed by atoms with Crippen LogP contribution in [0.2, 0.25) is 0 Å². The van der Waals surface area contributed by atoms with Crippen molar-refractivity contribution in [3.8, 4) is 0 Å². The van der Waals surface area contributed by atoms with E-state index in [1.165, 1.54) is 0 Å². The summed E-state index contributed by atoms with van der Waals surface area (Å²) in [5.74, 6) is 3.67. The van der Waals surface area contributed by atoms with E-state index in [9.17, 15) is 0 Å². The monoisotopic (exact) mass is 102 g/mol. The molecule has 0 aliphatic carbocycles. The standard InChI is InChI=1S/C2H4BPS/c1-2-4-3-5/h2H,1H3. The van der Waals surface area contributed by atoms with Crippen molar-refractivity contribution < 1.29 is 0 Å². The second-order valence-corrected chi connectivity index (χ2v) is 2.17. The Labute approximate surface area is 39.4 Å². The summed E-state index contributed by atoms with van der Waals surface area (Å²) in [6.07, 6.45) is 0. The number of rotatable bonds is 1. The molecule has 0 aromatic carbocycles. The number of hydrogen-bond acceptors (Lipinski definition) is 1. The average molecular weight is 102 g/mol. The normalized spacial score (nSPS) is 8.20. The van der Waals surface area contributed by atoms with Crippen LogP contribution in [-0.4, -0.2) is 11.7 Å². The summed E-state index contributed by atoms with van der Waals surface area (Å²) in [6.45, 7) is 1.98. The quantitative estimate of drug-likeness (QED) is 0.357. The fourth-order valence-electron chi connectivity index (χ4n) is 0.0609. The first-order valence-electron chi connectivity index (χ1n) is 1.33. The van der Waals surface area contributed by atoms with Gasteiger partial charge in [-0.3, -0.25) is 0 Å². The molecule has 0 rings (SSSR count). The van der Waals surface area contributed by atoms with Gasteiger partial charge in [-0.25, -0.2) is 0 Å². The van der Waals surface area contributed by atoms with E-state index in [0.717, 1.165) is 8.08 Å². The van der Waals surface area contributed by atoms with Crippen molar-refractivity contribution in [1.29, 1.82) is 0 Å². The van der Waals surface area contributed by atoms with Crippen molar-refractivity contribution in [3.63, 3.8) is 0 Å². The van der Waals surface area contributed by atoms with Gasteiger partial charge in [0.15, 0.2) is 0 Å². The Kier molecular flexibility index (Phi) is 4.86. The molecule has 0 saturated carbocycles. The first-order chi connectivity index (χ1) is 2.41. The van der Waals surface area contributed by atoms with Crippen molar-refractivity contribution >= 4 is 31.8 Å². The summed E-state index contributed by atoms with van der Waals surface area (Å²) in [4.78, 5) is 0. The van der Waals surface area contributed by atoms with Crippen molar-refractivity contribution in [2.45, 2.75) is 6.92 Å². The van der Waals surface area contributed by atoms with Crippen LogP contribution in [0.1, 0.15) is 6.92 Å². The van der Waals surface area contributed by atoms with Crippen molar-refractivity contribution in [3.05, 3.63) is 0 Å². The molecule has 0 heterocycles. The summed E-state index contributed by atoms with van der Waals surface area (Å²) in [6, 6.07) is 0. The summed E-state index contributed by atoms with van der Waals surface area (Å²) < 4.78 is 0. The first kappa shape index (κ1) is 5.45. The third kappa shape index (κ3) is 4.45. The zero-order valence-electron chi connectivity index (χ0n) is 3.01. The van der Waals surface area contributed by atoms with Crippen LogP contribution in [0.5, 0.6) is 0 Å². The Morgan fingerprint density at radius 3 is 2.60 bits per heavy atom. The van der Waals surface area contributed by atoms with E-state index >= 15 is 0 Å². The molecule has 26 valence electrons. The second-order valence-electron chi connectivity index (χ2n) is 0.513. The van der Waals surface area contributed by atoms with E-state index in [1.807, 2.05) is 12.7 Å². The fraction of sp³-hybridized carbons (Fsp3) is 0.500. The molecule has 0 aliphatic rings. The predicted octanol–water partition coefficient (Wildman–Crippen LogP) is 1.49. The Morgan fingerprint density at radius 2 is 2.60 bits per heavy atom. The van der Waals surface area contributed by atoms with Gasteiger partial charge in [0.05, 0.1) is 0 Å². The Balaban J connectivity index is 2.92. The van der Waals surface area contributed by atoms with Crippen molar-refractivity contribution in [2.75, 3.05) is 0 Å². The third-order valence-electron chi connectivity index (χ3n) is 0.210. The molecule has 0 aromatic heterocycles. The van der Waals surface area contributed by atoms with Crippen LogP contribution in [-0.2, 0) is 0 Å². The maximum atomic E-state index is 4.48. The van der Waals surface area contributed by atoms with Gasteiger partial charge in [0.1, 0.15) is 0 Å². The van der Waals surface area contributed by atoms with Crippen LogP contribution >= 0.6 is 20.1 Å². The molecule has 0 aromatic rings. The summed E-state index contributed by atoms with van der Waals surface area (Å²) in [5, 5.41) is 0. The van der Waals surface area contributed by atoms with Gasteiger partial charge in [-0.2, -0.15) is 0 Å². The van der Waals surface area contributed by atoms with Crippen LogP contribution in [0.25, 0.3) is 0 Å². The molecule has 0 nitrogen and oxygen atoms in total. The molecule has 0 aliphatic heterocycles. The molecule has 0 atom stereocenters. The molecule has 0 amide bonds. The molecular formula is C2H4BPS. The summed E-state index contributed by atoms with van der Waals surface area (Å²) >= 11 is 4.48. The summed E-state index contributed by atoms with van der Waals surface area (Å²) in [7, 11) is 1.15. The zero-order chi connectivity index (χ0) is 4.12. The van der Waals surface area contributed by atoms with Gasteiger partial charge in [0.2, 0.25) is 0 Å². The molecule has 0 bridgehead atoms. The Bertz CT molecular complexity index is 51.6. The van der Waals surface area contributed by atoms with E-state index in [0.29, 0.717) is 0 Å². The Hall–Kier alpha value is 0.455. The van der Waals surface area contributed by atoms with E-state index < -0.39 is 0 Å². The van der Waals surface area contributed by atoms with Crippen molar-refractivity contribution in [1.82, 2.24) is 0 Å². The fourth-order valence-corrected chi connectivity index (χ4v) is 0.548. The van der Waals surface area contributed by atoms with Gasteiger partial charge in [-0.1, -0.05) is 0 Å². The van der Waals surface area contributed by atoms with Gasteiger partial charge >= 0.3 is 38.7 Å². The van der Waals surface area contributed by atoms with Crippen LogP contribution < -0.4 is 0 Å². The molecule has 3 heteroatoms. The van der Waals surface area contributed by atoms with Gasteiger partial charge in [-0.05, 0) is 0 Å². The molecule has 0 saturated heterocycles. The number of hydrogen-bond donors (Lipinski definition) is 0. The third-order valence-corrected chi connectivity index (χ3v) is 0.995. The molecule has 0 radical (unpaired) electrons. The average Bonchev–Trinajstić information content (AvgIpc) is 1.41. The molecular weight excluding hydrogens is 97.9 g/mol. The van der Waals surface area contributed by atoms with Crippen molar-refractivity contribution in [2.24, 2.45) is 0 Å². The molecule has 0 fully saturated rings. The topological polar surface area (TPSA) is 0 Å². The van der Waals surface area contributed by atoms with Crippen LogP contribution in [0, 0.1) is 0 Å². The van der Waals surface area contributed by atoms with Gasteiger partial charge in [-0.15, -0.1) is 0 Å². The Morgan fingerprint density at radius 1 is 2.00 bits per heavy atom. The van der Waals surface area contributed by atoms with Crippen LogP contribution in [0.4, 0.5) is 0 Å². The molecule has 5 heavy (non-hydrogen) atoms. The van der Waals surface area contributed by atoms with Crippen LogP contribution in [0.3, 0.4) is 0 Å². The van der Waals surface area contributed by atoms with E-state index in [-0.39, 0.29) is 0 Å². The van der Waals surface area contributed by atoms with Crippen LogP contribution in [0.15, 0.2) is 0 Å². The molecule has 0 unspecified atom stereocenters. The van der Waals surface area contributed by atoms with E-state index in [1.54, 1.807) is 5.87 Å². The van der Waals surface area contributed by atoms with Gasteiger partial charge in [0.25, 0.3) is 0 Å². The SMILES string of the molecule is CC=PB=S. The first-order valence-corrected chi connectivity index (χ1v) is 2.83. The second kappa shape index (κ2) is 4.45. The summed E-state index contributed by atoms with van der Waals surface area (Å²) in [5.41, 5.74) is 0. The molecule has 0 N–H and O–H groups in total. The molecule has 0 spiro atoms. The van der Waals surface area contributed by atoms with Gasteiger partial charge < -0.3 is 0 Å². The van der Waals surface area contributed by atoms with Gasteiger partial charge in [0, 0.05) is 0 Å². The minimum absolute atomic E-state index is 1.15. The minimum atomic E-state index is 1.15. The predicted molar refractivity (Wildman–Crippen MR) is 32.0 cm³/mol. The van der Waals surface area contributed by atoms with E-state index in [2.05, 4.69) is 12.1 Å².